The number of aromatic nitrogens is 1. The molecule has 0 atom stereocenters. The van der Waals surface area contributed by atoms with Crippen molar-refractivity contribution in [2.45, 2.75) is 26.4 Å². The van der Waals surface area contributed by atoms with E-state index in [0.717, 1.165) is 0 Å². The fraction of sp³-hybridized carbons (Fsp3) is 0.278. The summed E-state index contributed by atoms with van der Waals surface area (Å²) in [5.74, 6) is 0. The van der Waals surface area contributed by atoms with Crippen molar-refractivity contribution in [1.82, 2.24) is 10.3 Å². The number of benzene rings is 1. The first-order chi connectivity index (χ1) is 12.1. The summed E-state index contributed by atoms with van der Waals surface area (Å²) in [5.41, 5.74) is 3.70. The number of hydrogen-bond donors (Lipinski definition) is 5. The van der Waals surface area contributed by atoms with Crippen LogP contribution < -0.4 is 5.32 Å². The number of aliphatic hydroxyl groups is 3. The van der Waals surface area contributed by atoms with E-state index in [-0.39, 0.29) is 30.5 Å². The van der Waals surface area contributed by atoms with Crippen LogP contribution in [0, 0.1) is 11.3 Å². The van der Waals surface area contributed by atoms with Crippen LogP contribution in [0.4, 0.5) is 0 Å². The van der Waals surface area contributed by atoms with Crippen LogP contribution in [0.1, 0.15) is 28.1 Å². The summed E-state index contributed by atoms with van der Waals surface area (Å²) in [4.78, 5) is 2.97. The van der Waals surface area contributed by atoms with Gasteiger partial charge in [0.2, 0.25) is 0 Å². The van der Waals surface area contributed by atoms with Crippen LogP contribution in [0.2, 0.25) is 5.02 Å². The third kappa shape index (κ3) is 4.10. The molecule has 0 saturated heterocycles. The van der Waals surface area contributed by atoms with E-state index in [1.165, 1.54) is 0 Å². The SMILES string of the molecule is C=C.CNCc1[nH]c(C#N)c(Cl)c1-c1ccc(CO)c(CO)c1CO. The summed E-state index contributed by atoms with van der Waals surface area (Å²) in [6.45, 7) is 5.59. The molecule has 0 aliphatic rings. The monoisotopic (exact) mass is 363 g/mol. The largest absolute Gasteiger partial charge is 0.392 e. The van der Waals surface area contributed by atoms with E-state index in [0.29, 0.717) is 40.1 Å². The molecule has 7 heteroatoms. The summed E-state index contributed by atoms with van der Waals surface area (Å²) >= 11 is 6.32. The number of hydrogen-bond acceptors (Lipinski definition) is 5. The van der Waals surface area contributed by atoms with E-state index in [1.807, 2.05) is 6.07 Å². The lowest BCUT2D eigenvalue weighted by Gasteiger charge is -2.16. The van der Waals surface area contributed by atoms with Crippen LogP contribution in [0.15, 0.2) is 25.3 Å². The Bertz CT molecular complexity index is 766. The molecule has 0 aliphatic carbocycles. The lowest BCUT2D eigenvalue weighted by atomic mass is 9.92. The smallest absolute Gasteiger partial charge is 0.137 e. The first-order valence-electron chi connectivity index (χ1n) is 7.54. The van der Waals surface area contributed by atoms with Gasteiger partial charge in [-0.25, -0.2) is 0 Å². The van der Waals surface area contributed by atoms with Crippen LogP contribution in [-0.2, 0) is 26.4 Å². The maximum absolute atomic E-state index is 9.76. The van der Waals surface area contributed by atoms with Gasteiger partial charge in [-0.2, -0.15) is 5.26 Å². The number of rotatable bonds is 6. The van der Waals surface area contributed by atoms with Gasteiger partial charge in [0.25, 0.3) is 0 Å². The van der Waals surface area contributed by atoms with Crippen molar-refractivity contribution in [3.63, 3.8) is 0 Å². The van der Waals surface area contributed by atoms with Gasteiger partial charge >= 0.3 is 0 Å². The molecule has 5 N–H and O–H groups in total. The molecule has 2 aromatic rings. The molecular formula is C18H22ClN3O3. The highest BCUT2D eigenvalue weighted by molar-refractivity contribution is 6.34. The lowest BCUT2D eigenvalue weighted by Crippen LogP contribution is -2.08. The van der Waals surface area contributed by atoms with E-state index < -0.39 is 0 Å². The van der Waals surface area contributed by atoms with Crippen molar-refractivity contribution >= 4 is 11.6 Å². The Kier molecular flexibility index (Phi) is 8.35. The first kappa shape index (κ1) is 20.9. The van der Waals surface area contributed by atoms with Crippen molar-refractivity contribution in [2.24, 2.45) is 0 Å². The molecule has 0 aliphatic heterocycles. The van der Waals surface area contributed by atoms with E-state index in [1.54, 1.807) is 19.2 Å². The molecule has 2 rings (SSSR count). The maximum atomic E-state index is 9.76. The Morgan fingerprint density at radius 1 is 1.16 bits per heavy atom. The number of nitrogens with one attached hydrogen (secondary N) is 2. The quantitative estimate of drug-likeness (QED) is 0.505. The minimum Gasteiger partial charge on any atom is -0.392 e. The number of H-pyrrole nitrogens is 1. The highest BCUT2D eigenvalue weighted by atomic mass is 35.5. The summed E-state index contributed by atoms with van der Waals surface area (Å²) in [6.07, 6.45) is 0. The fourth-order valence-electron chi connectivity index (χ4n) is 2.69. The fourth-order valence-corrected chi connectivity index (χ4v) is 3.00. The minimum atomic E-state index is -0.318. The molecule has 0 radical (unpaired) electrons. The Hall–Kier alpha value is -2.14. The Balaban J connectivity index is 0.00000151. The van der Waals surface area contributed by atoms with Crippen molar-refractivity contribution in [3.05, 3.63) is 58.4 Å². The third-order valence-corrected chi connectivity index (χ3v) is 4.14. The van der Waals surface area contributed by atoms with Gasteiger partial charge in [0.05, 0.1) is 24.8 Å². The van der Waals surface area contributed by atoms with E-state index in [2.05, 4.69) is 23.5 Å². The van der Waals surface area contributed by atoms with Crippen molar-refractivity contribution in [2.75, 3.05) is 7.05 Å². The molecule has 6 nitrogen and oxygen atoms in total. The minimum absolute atomic E-state index is 0.239. The Morgan fingerprint density at radius 2 is 1.80 bits per heavy atom. The van der Waals surface area contributed by atoms with Crippen LogP contribution in [0.5, 0.6) is 0 Å². The normalized spacial score (nSPS) is 10.1. The Morgan fingerprint density at radius 3 is 2.28 bits per heavy atom. The molecule has 0 saturated carbocycles. The van der Waals surface area contributed by atoms with Crippen molar-refractivity contribution < 1.29 is 15.3 Å². The van der Waals surface area contributed by atoms with Crippen LogP contribution >= 0.6 is 11.6 Å². The summed E-state index contributed by atoms with van der Waals surface area (Å²) in [6, 6.07) is 5.41. The van der Waals surface area contributed by atoms with E-state index in [9.17, 15) is 20.6 Å². The van der Waals surface area contributed by atoms with E-state index in [4.69, 9.17) is 11.6 Å². The number of nitriles is 1. The molecule has 0 spiro atoms. The van der Waals surface area contributed by atoms with Gasteiger partial charge in [0.15, 0.2) is 0 Å². The van der Waals surface area contributed by atoms with Crippen molar-refractivity contribution in [1.29, 1.82) is 5.26 Å². The van der Waals surface area contributed by atoms with Gasteiger partial charge in [0, 0.05) is 17.8 Å². The predicted molar refractivity (Wildman–Crippen MR) is 97.7 cm³/mol. The molecule has 0 fully saturated rings. The van der Waals surface area contributed by atoms with Gasteiger partial charge in [-0.15, -0.1) is 13.2 Å². The van der Waals surface area contributed by atoms with Gasteiger partial charge in [-0.1, -0.05) is 23.7 Å². The highest BCUT2D eigenvalue weighted by Gasteiger charge is 2.21. The number of halogens is 1. The maximum Gasteiger partial charge on any atom is 0.137 e. The Labute approximate surface area is 152 Å². The number of aromatic amines is 1. The molecule has 25 heavy (non-hydrogen) atoms. The molecule has 0 unspecified atom stereocenters. The molecular weight excluding hydrogens is 342 g/mol. The van der Waals surface area contributed by atoms with Gasteiger partial charge < -0.3 is 25.6 Å². The summed E-state index contributed by atoms with van der Waals surface area (Å²) in [7, 11) is 1.77. The second kappa shape index (κ2) is 9.99. The van der Waals surface area contributed by atoms with Crippen LogP contribution in [0.3, 0.4) is 0 Å². The van der Waals surface area contributed by atoms with Crippen LogP contribution in [-0.4, -0.2) is 27.4 Å². The van der Waals surface area contributed by atoms with Crippen molar-refractivity contribution in [3.8, 4) is 17.2 Å². The second-order valence-electron chi connectivity index (χ2n) is 5.01. The van der Waals surface area contributed by atoms with Gasteiger partial charge in [0.1, 0.15) is 11.8 Å². The lowest BCUT2D eigenvalue weighted by molar-refractivity contribution is 0.248. The highest BCUT2D eigenvalue weighted by Crippen LogP contribution is 2.38. The average molecular weight is 364 g/mol. The average Bonchev–Trinajstić information content (AvgIpc) is 2.97. The summed E-state index contributed by atoms with van der Waals surface area (Å²) < 4.78 is 0. The zero-order valence-electron chi connectivity index (χ0n) is 14.1. The molecule has 1 heterocycles. The molecule has 0 amide bonds. The predicted octanol–water partition coefficient (Wildman–Crippen LogP) is 2.21. The topological polar surface area (TPSA) is 112 Å². The molecule has 1 aromatic carbocycles. The second-order valence-corrected chi connectivity index (χ2v) is 5.39. The van der Waals surface area contributed by atoms with Crippen LogP contribution in [0.25, 0.3) is 11.1 Å². The number of aliphatic hydroxyl groups excluding tert-OH is 3. The first-order valence-corrected chi connectivity index (χ1v) is 7.92. The van der Waals surface area contributed by atoms with Gasteiger partial charge in [-0.3, -0.25) is 0 Å². The molecule has 1 aromatic heterocycles. The number of nitrogens with zero attached hydrogens (tertiary/aromatic N) is 1. The third-order valence-electron chi connectivity index (χ3n) is 3.77. The van der Waals surface area contributed by atoms with E-state index >= 15 is 0 Å². The zero-order valence-corrected chi connectivity index (χ0v) is 14.8. The molecule has 0 bridgehead atoms. The standard InChI is InChI=1S/C16H18ClN3O3.C2H4/c1-19-5-14-15(16(17)13(4-18)20-14)10-3-2-9(6-21)11(7-22)12(10)8-23;1-2/h2-3,19-23H,5-8H2,1H3;1-2H2. The molecule has 134 valence electrons. The van der Waals surface area contributed by atoms with Gasteiger partial charge in [-0.05, 0) is 29.3 Å². The summed E-state index contributed by atoms with van der Waals surface area (Å²) in [5, 5.41) is 41.2. The zero-order chi connectivity index (χ0) is 19.0.